The van der Waals surface area contributed by atoms with Gasteiger partial charge in [-0.15, -0.1) is 0 Å². The van der Waals surface area contributed by atoms with Gasteiger partial charge >= 0.3 is 6.18 Å². The molecule has 0 spiro atoms. The van der Waals surface area contributed by atoms with Gasteiger partial charge in [0.1, 0.15) is 12.5 Å². The van der Waals surface area contributed by atoms with Crippen molar-refractivity contribution in [1.29, 1.82) is 0 Å². The minimum atomic E-state index is -4.47. The number of carbonyl (C=O) groups is 1. The molecular weight excluding hydrogens is 263 g/mol. The molecule has 5 nitrogen and oxygen atoms in total. The number of halogens is 3. The van der Waals surface area contributed by atoms with Crippen molar-refractivity contribution in [2.75, 3.05) is 13.1 Å². The first kappa shape index (κ1) is 13.6. The summed E-state index contributed by atoms with van der Waals surface area (Å²) in [4.78, 5) is 20.3. The highest BCUT2D eigenvalue weighted by molar-refractivity contribution is 5.77. The lowest BCUT2D eigenvalue weighted by Gasteiger charge is -2.17. The van der Waals surface area contributed by atoms with Crippen molar-refractivity contribution in [2.24, 2.45) is 0 Å². The number of alkyl halides is 3. The molecule has 2 heterocycles. The summed E-state index contributed by atoms with van der Waals surface area (Å²) in [6.45, 7) is 0.408. The number of hydrogen-bond donors (Lipinski definition) is 0. The fraction of sp³-hybridized carbons (Fsp3) is 0.545. The van der Waals surface area contributed by atoms with Crippen molar-refractivity contribution < 1.29 is 22.7 Å². The Hall–Kier alpha value is -1.86. The SMILES string of the molecule is O=C(CC(F)(F)F)N1CCC(Oc2cnccn2)C1. The van der Waals surface area contributed by atoms with Crippen molar-refractivity contribution in [1.82, 2.24) is 14.9 Å². The standard InChI is InChI=1S/C11H12F3N3O2/c12-11(13,14)5-10(18)17-4-1-8(7-17)19-9-6-15-2-3-16-9/h2-3,6,8H,1,4-5,7H2. The molecular formula is C11H12F3N3O2. The van der Waals surface area contributed by atoms with Gasteiger partial charge < -0.3 is 9.64 Å². The van der Waals surface area contributed by atoms with Crippen molar-refractivity contribution in [2.45, 2.75) is 25.1 Å². The van der Waals surface area contributed by atoms with E-state index in [9.17, 15) is 18.0 Å². The quantitative estimate of drug-likeness (QED) is 0.837. The highest BCUT2D eigenvalue weighted by Gasteiger charge is 2.36. The average Bonchev–Trinajstić information content (AvgIpc) is 2.77. The van der Waals surface area contributed by atoms with Gasteiger partial charge in [0.15, 0.2) is 0 Å². The Morgan fingerprint density at radius 2 is 2.26 bits per heavy atom. The van der Waals surface area contributed by atoms with Crippen LogP contribution >= 0.6 is 0 Å². The summed E-state index contributed by atoms with van der Waals surface area (Å²) in [5, 5.41) is 0. The van der Waals surface area contributed by atoms with Crippen molar-refractivity contribution in [3.05, 3.63) is 18.6 Å². The van der Waals surface area contributed by atoms with Gasteiger partial charge in [-0.2, -0.15) is 13.2 Å². The van der Waals surface area contributed by atoms with Crippen LogP contribution in [-0.2, 0) is 4.79 Å². The van der Waals surface area contributed by atoms with Gasteiger partial charge in [0.05, 0.1) is 12.7 Å². The zero-order chi connectivity index (χ0) is 13.9. The second-order valence-corrected chi connectivity index (χ2v) is 4.20. The molecule has 104 valence electrons. The van der Waals surface area contributed by atoms with E-state index in [1.165, 1.54) is 18.6 Å². The first-order chi connectivity index (χ1) is 8.94. The highest BCUT2D eigenvalue weighted by atomic mass is 19.4. The number of carbonyl (C=O) groups excluding carboxylic acids is 1. The summed E-state index contributed by atoms with van der Waals surface area (Å²) in [6.07, 6.45) is -1.39. The predicted octanol–water partition coefficient (Wildman–Crippen LogP) is 1.41. The van der Waals surface area contributed by atoms with Gasteiger partial charge in [-0.3, -0.25) is 9.78 Å². The van der Waals surface area contributed by atoms with Crippen molar-refractivity contribution >= 4 is 5.91 Å². The van der Waals surface area contributed by atoms with E-state index in [0.29, 0.717) is 12.3 Å². The molecule has 1 aromatic rings. The third-order valence-corrected chi connectivity index (χ3v) is 2.68. The Balaban J connectivity index is 1.85. The lowest BCUT2D eigenvalue weighted by molar-refractivity contribution is -0.160. The maximum atomic E-state index is 12.1. The van der Waals surface area contributed by atoms with Crippen LogP contribution in [0.2, 0.25) is 0 Å². The Bertz CT molecular complexity index is 439. The smallest absolute Gasteiger partial charge is 0.397 e. The number of rotatable bonds is 3. The van der Waals surface area contributed by atoms with Gasteiger partial charge in [-0.1, -0.05) is 0 Å². The van der Waals surface area contributed by atoms with E-state index in [-0.39, 0.29) is 19.2 Å². The number of amides is 1. The molecule has 2 rings (SSSR count). The molecule has 1 aromatic heterocycles. The third kappa shape index (κ3) is 4.08. The topological polar surface area (TPSA) is 55.3 Å². The maximum absolute atomic E-state index is 12.1. The number of likely N-dealkylation sites (tertiary alicyclic amines) is 1. The number of hydrogen-bond acceptors (Lipinski definition) is 4. The molecule has 19 heavy (non-hydrogen) atoms. The fourth-order valence-electron chi connectivity index (χ4n) is 1.85. The van der Waals surface area contributed by atoms with Crippen LogP contribution in [0.5, 0.6) is 5.88 Å². The summed E-state index contributed by atoms with van der Waals surface area (Å²) in [5.74, 6) is -0.615. The second-order valence-electron chi connectivity index (χ2n) is 4.20. The molecule has 0 aromatic carbocycles. The van der Waals surface area contributed by atoms with Crippen molar-refractivity contribution in [3.63, 3.8) is 0 Å². The molecule has 1 atom stereocenters. The number of nitrogens with zero attached hydrogens (tertiary/aromatic N) is 3. The molecule has 1 amide bonds. The molecule has 1 saturated heterocycles. The molecule has 0 saturated carbocycles. The molecule has 1 unspecified atom stereocenters. The summed E-state index contributed by atoms with van der Waals surface area (Å²) in [5.41, 5.74) is 0. The lowest BCUT2D eigenvalue weighted by atomic mass is 10.3. The molecule has 1 aliphatic heterocycles. The van der Waals surface area contributed by atoms with E-state index in [1.807, 2.05) is 0 Å². The summed E-state index contributed by atoms with van der Waals surface area (Å²) >= 11 is 0. The molecule has 1 fully saturated rings. The maximum Gasteiger partial charge on any atom is 0.397 e. The highest BCUT2D eigenvalue weighted by Crippen LogP contribution is 2.23. The van der Waals surface area contributed by atoms with E-state index >= 15 is 0 Å². The Labute approximate surface area is 107 Å². The van der Waals surface area contributed by atoms with Gasteiger partial charge in [0.2, 0.25) is 11.8 Å². The predicted molar refractivity (Wildman–Crippen MR) is 58.3 cm³/mol. The molecule has 8 heteroatoms. The Morgan fingerprint density at radius 3 is 2.89 bits per heavy atom. The van der Waals surface area contributed by atoms with E-state index < -0.39 is 18.5 Å². The average molecular weight is 275 g/mol. The van der Waals surface area contributed by atoms with Crippen LogP contribution in [0.3, 0.4) is 0 Å². The first-order valence-corrected chi connectivity index (χ1v) is 5.71. The van der Waals surface area contributed by atoms with E-state index in [4.69, 9.17) is 4.74 Å². The zero-order valence-electron chi connectivity index (χ0n) is 9.93. The van der Waals surface area contributed by atoms with E-state index in [2.05, 4.69) is 9.97 Å². The summed E-state index contributed by atoms with van der Waals surface area (Å²) < 4.78 is 41.8. The summed E-state index contributed by atoms with van der Waals surface area (Å²) in [7, 11) is 0. The Kier molecular flexibility index (Phi) is 3.87. The van der Waals surface area contributed by atoms with Gasteiger partial charge in [0, 0.05) is 25.4 Å². The molecule has 0 radical (unpaired) electrons. The van der Waals surface area contributed by atoms with Crippen LogP contribution < -0.4 is 4.74 Å². The first-order valence-electron chi connectivity index (χ1n) is 5.71. The van der Waals surface area contributed by atoms with Crippen molar-refractivity contribution in [3.8, 4) is 5.88 Å². The Morgan fingerprint density at radius 1 is 1.47 bits per heavy atom. The van der Waals surface area contributed by atoms with Gasteiger partial charge in [0.25, 0.3) is 0 Å². The van der Waals surface area contributed by atoms with Crippen LogP contribution in [-0.4, -0.2) is 46.1 Å². The van der Waals surface area contributed by atoms with E-state index in [0.717, 1.165) is 4.90 Å². The minimum absolute atomic E-state index is 0.144. The minimum Gasteiger partial charge on any atom is -0.471 e. The number of aromatic nitrogens is 2. The van der Waals surface area contributed by atoms with Crippen LogP contribution in [0.15, 0.2) is 18.6 Å². The van der Waals surface area contributed by atoms with Gasteiger partial charge in [-0.25, -0.2) is 4.98 Å². The normalized spacial score (nSPS) is 19.5. The molecule has 1 aliphatic rings. The monoisotopic (exact) mass is 275 g/mol. The summed E-state index contributed by atoms with van der Waals surface area (Å²) in [6, 6.07) is 0. The van der Waals surface area contributed by atoms with Gasteiger partial charge in [-0.05, 0) is 0 Å². The zero-order valence-corrected chi connectivity index (χ0v) is 9.93. The van der Waals surface area contributed by atoms with E-state index in [1.54, 1.807) is 0 Å². The largest absolute Gasteiger partial charge is 0.471 e. The van der Waals surface area contributed by atoms with Crippen LogP contribution in [0.1, 0.15) is 12.8 Å². The number of ether oxygens (including phenoxy) is 1. The molecule has 0 bridgehead atoms. The third-order valence-electron chi connectivity index (χ3n) is 2.68. The second kappa shape index (κ2) is 5.41. The van der Waals surface area contributed by atoms with Crippen LogP contribution in [0.4, 0.5) is 13.2 Å². The molecule has 0 N–H and O–H groups in total. The fourth-order valence-corrected chi connectivity index (χ4v) is 1.85. The lowest BCUT2D eigenvalue weighted by Crippen LogP contribution is -2.33. The molecule has 0 aliphatic carbocycles. The van der Waals surface area contributed by atoms with Crippen LogP contribution in [0, 0.1) is 0 Å². The van der Waals surface area contributed by atoms with Crippen LogP contribution in [0.25, 0.3) is 0 Å².